The van der Waals surface area contributed by atoms with Crippen LogP contribution in [0, 0.1) is 6.92 Å². The molecule has 0 radical (unpaired) electrons. The predicted molar refractivity (Wildman–Crippen MR) is 107 cm³/mol. The summed E-state index contributed by atoms with van der Waals surface area (Å²) in [5.41, 5.74) is 4.22. The zero-order chi connectivity index (χ0) is 19.1. The average Bonchev–Trinajstić information content (AvgIpc) is 3.16. The molecule has 2 aliphatic rings. The SMILES string of the molecule is Cc1ccc2c(c1)CC(C(=O)N1CCC(c3ccc4cccnc4n3)CC1)O2. The van der Waals surface area contributed by atoms with Crippen LogP contribution in [0.2, 0.25) is 0 Å². The topological polar surface area (TPSA) is 55.3 Å². The Kier molecular flexibility index (Phi) is 4.23. The molecule has 1 atom stereocenters. The van der Waals surface area contributed by atoms with E-state index >= 15 is 0 Å². The molecule has 2 aromatic heterocycles. The Hall–Kier alpha value is -2.95. The predicted octanol–water partition coefficient (Wildman–Crippen LogP) is 3.65. The van der Waals surface area contributed by atoms with Gasteiger partial charge in [-0.25, -0.2) is 9.97 Å². The second kappa shape index (κ2) is 6.89. The van der Waals surface area contributed by atoms with Gasteiger partial charge < -0.3 is 9.64 Å². The number of carbonyl (C=O) groups is 1. The zero-order valence-corrected chi connectivity index (χ0v) is 16.0. The van der Waals surface area contributed by atoms with Gasteiger partial charge in [-0.05, 0) is 55.7 Å². The Morgan fingerprint density at radius 3 is 2.86 bits per heavy atom. The number of amides is 1. The molecule has 1 amide bonds. The van der Waals surface area contributed by atoms with Crippen LogP contribution < -0.4 is 4.74 Å². The molecular formula is C23H23N3O2. The standard InChI is InChI=1S/C23H23N3O2/c1-15-4-7-20-18(13-15)14-21(28-20)23(27)26-11-8-16(9-12-26)19-6-5-17-3-2-10-24-22(17)25-19/h2-7,10,13,16,21H,8-9,11-12,14H2,1H3. The maximum Gasteiger partial charge on any atom is 0.263 e. The molecule has 3 aromatic rings. The molecule has 4 heterocycles. The number of nitrogens with zero attached hydrogens (tertiary/aromatic N) is 3. The van der Waals surface area contributed by atoms with Gasteiger partial charge in [-0.1, -0.05) is 17.7 Å². The van der Waals surface area contributed by atoms with Crippen LogP contribution in [-0.4, -0.2) is 40.0 Å². The third-order valence-electron chi connectivity index (χ3n) is 5.88. The Bertz CT molecular complexity index is 1040. The van der Waals surface area contributed by atoms with Crippen molar-refractivity contribution in [2.45, 2.75) is 38.2 Å². The van der Waals surface area contributed by atoms with Crippen LogP contribution in [0.1, 0.15) is 35.6 Å². The summed E-state index contributed by atoms with van der Waals surface area (Å²) in [5.74, 6) is 1.34. The van der Waals surface area contributed by atoms with Crippen LogP contribution in [0.3, 0.4) is 0 Å². The summed E-state index contributed by atoms with van der Waals surface area (Å²) in [5, 5.41) is 1.06. The van der Waals surface area contributed by atoms with Crippen LogP contribution in [0.25, 0.3) is 11.0 Å². The maximum atomic E-state index is 12.9. The lowest BCUT2D eigenvalue weighted by molar-refractivity contribution is -0.139. The minimum absolute atomic E-state index is 0.112. The highest BCUT2D eigenvalue weighted by atomic mass is 16.5. The van der Waals surface area contributed by atoms with Gasteiger partial charge in [0.05, 0.1) is 0 Å². The average molecular weight is 373 g/mol. The molecule has 1 unspecified atom stereocenters. The van der Waals surface area contributed by atoms with Gasteiger partial charge in [0.25, 0.3) is 5.91 Å². The van der Waals surface area contributed by atoms with E-state index in [4.69, 9.17) is 9.72 Å². The van der Waals surface area contributed by atoms with Crippen LogP contribution in [0.5, 0.6) is 5.75 Å². The van der Waals surface area contributed by atoms with Gasteiger partial charge in [-0.2, -0.15) is 0 Å². The molecule has 2 aliphatic heterocycles. The number of rotatable bonds is 2. The van der Waals surface area contributed by atoms with E-state index in [2.05, 4.69) is 30.1 Å². The lowest BCUT2D eigenvalue weighted by Gasteiger charge is -2.33. The van der Waals surface area contributed by atoms with Crippen molar-refractivity contribution in [1.29, 1.82) is 0 Å². The van der Waals surface area contributed by atoms with E-state index < -0.39 is 0 Å². The third kappa shape index (κ3) is 3.11. The van der Waals surface area contributed by atoms with Gasteiger partial charge in [-0.15, -0.1) is 0 Å². The van der Waals surface area contributed by atoms with Crippen molar-refractivity contribution in [3.63, 3.8) is 0 Å². The van der Waals surface area contributed by atoms with Gasteiger partial charge in [-0.3, -0.25) is 4.79 Å². The lowest BCUT2D eigenvalue weighted by atomic mass is 9.92. The molecule has 0 saturated carbocycles. The van der Waals surface area contributed by atoms with Gasteiger partial charge in [0.2, 0.25) is 0 Å². The number of piperidine rings is 1. The molecule has 1 saturated heterocycles. The maximum absolute atomic E-state index is 12.9. The summed E-state index contributed by atoms with van der Waals surface area (Å²) in [6, 6.07) is 14.3. The number of carbonyl (C=O) groups excluding carboxylic acids is 1. The summed E-state index contributed by atoms with van der Waals surface area (Å²) in [4.78, 5) is 24.0. The summed E-state index contributed by atoms with van der Waals surface area (Å²) < 4.78 is 5.92. The summed E-state index contributed by atoms with van der Waals surface area (Å²) in [6.07, 6.45) is 3.93. The van der Waals surface area contributed by atoms with Crippen molar-refractivity contribution in [2.75, 3.05) is 13.1 Å². The molecule has 0 spiro atoms. The molecule has 0 aliphatic carbocycles. The number of ether oxygens (including phenoxy) is 1. The van der Waals surface area contributed by atoms with Crippen molar-refractivity contribution in [3.05, 3.63) is 65.5 Å². The van der Waals surface area contributed by atoms with E-state index in [1.165, 1.54) is 5.56 Å². The third-order valence-corrected chi connectivity index (χ3v) is 5.88. The molecule has 5 heteroatoms. The highest BCUT2D eigenvalue weighted by Gasteiger charge is 2.34. The second-order valence-electron chi connectivity index (χ2n) is 7.81. The fourth-order valence-corrected chi connectivity index (χ4v) is 4.31. The van der Waals surface area contributed by atoms with E-state index in [0.29, 0.717) is 12.3 Å². The number of aryl methyl sites for hydroxylation is 1. The first-order valence-corrected chi connectivity index (χ1v) is 9.94. The molecule has 1 aromatic carbocycles. The summed E-state index contributed by atoms with van der Waals surface area (Å²) >= 11 is 0. The van der Waals surface area contributed by atoms with Gasteiger partial charge in [0, 0.05) is 42.7 Å². The Balaban J connectivity index is 1.24. The van der Waals surface area contributed by atoms with E-state index in [1.807, 2.05) is 29.2 Å². The number of likely N-dealkylation sites (tertiary alicyclic amines) is 1. The van der Waals surface area contributed by atoms with Crippen LogP contribution >= 0.6 is 0 Å². The molecular weight excluding hydrogens is 350 g/mol. The normalized spacial score (nSPS) is 19.5. The Morgan fingerprint density at radius 1 is 1.14 bits per heavy atom. The second-order valence-corrected chi connectivity index (χ2v) is 7.81. The molecule has 0 bridgehead atoms. The van der Waals surface area contributed by atoms with Crippen molar-refractivity contribution in [3.8, 4) is 5.75 Å². The number of benzene rings is 1. The number of hydrogen-bond acceptors (Lipinski definition) is 4. The van der Waals surface area contributed by atoms with Crippen molar-refractivity contribution < 1.29 is 9.53 Å². The van der Waals surface area contributed by atoms with Gasteiger partial charge in [0.15, 0.2) is 11.8 Å². The molecule has 28 heavy (non-hydrogen) atoms. The highest BCUT2D eigenvalue weighted by Crippen LogP contribution is 2.32. The van der Waals surface area contributed by atoms with E-state index in [0.717, 1.165) is 54.0 Å². The molecule has 5 rings (SSSR count). The largest absolute Gasteiger partial charge is 0.480 e. The smallest absolute Gasteiger partial charge is 0.263 e. The summed E-state index contributed by atoms with van der Waals surface area (Å²) in [6.45, 7) is 3.57. The first kappa shape index (κ1) is 17.2. The first-order chi connectivity index (χ1) is 13.7. The Labute approximate surface area is 164 Å². The Morgan fingerprint density at radius 2 is 2.00 bits per heavy atom. The molecule has 142 valence electrons. The van der Waals surface area contributed by atoms with Gasteiger partial charge >= 0.3 is 0 Å². The number of hydrogen-bond donors (Lipinski definition) is 0. The van der Waals surface area contributed by atoms with Crippen LogP contribution in [0.15, 0.2) is 48.7 Å². The van der Waals surface area contributed by atoms with Crippen molar-refractivity contribution in [1.82, 2.24) is 14.9 Å². The number of fused-ring (bicyclic) bond motifs is 2. The highest BCUT2D eigenvalue weighted by molar-refractivity contribution is 5.83. The molecule has 0 N–H and O–H groups in total. The summed E-state index contributed by atoms with van der Waals surface area (Å²) in [7, 11) is 0. The minimum atomic E-state index is -0.378. The quantitative estimate of drug-likeness (QED) is 0.688. The van der Waals surface area contributed by atoms with Crippen molar-refractivity contribution in [2.24, 2.45) is 0 Å². The van der Waals surface area contributed by atoms with Gasteiger partial charge in [0.1, 0.15) is 5.75 Å². The minimum Gasteiger partial charge on any atom is -0.480 e. The van der Waals surface area contributed by atoms with Crippen molar-refractivity contribution >= 4 is 16.9 Å². The van der Waals surface area contributed by atoms with E-state index in [9.17, 15) is 4.79 Å². The van der Waals surface area contributed by atoms with Crippen LogP contribution in [-0.2, 0) is 11.2 Å². The van der Waals surface area contributed by atoms with E-state index in [-0.39, 0.29) is 12.0 Å². The number of aromatic nitrogens is 2. The molecule has 1 fully saturated rings. The zero-order valence-electron chi connectivity index (χ0n) is 16.0. The fraction of sp³-hybridized carbons (Fsp3) is 0.348. The first-order valence-electron chi connectivity index (χ1n) is 9.94. The van der Waals surface area contributed by atoms with Crippen LogP contribution in [0.4, 0.5) is 0 Å². The monoisotopic (exact) mass is 373 g/mol. The molecule has 5 nitrogen and oxygen atoms in total. The fourth-order valence-electron chi connectivity index (χ4n) is 4.31. The lowest BCUT2D eigenvalue weighted by Crippen LogP contribution is -2.45. The van der Waals surface area contributed by atoms with E-state index in [1.54, 1.807) is 6.20 Å². The number of pyridine rings is 2.